The number of rotatable bonds is 4. The van der Waals surface area contributed by atoms with E-state index in [9.17, 15) is 0 Å². The third kappa shape index (κ3) is 2.96. The van der Waals surface area contributed by atoms with Gasteiger partial charge in [-0.2, -0.15) is 5.26 Å². The Balaban J connectivity index is 2.28. The lowest BCUT2D eigenvalue weighted by atomic mass is 10.1. The van der Waals surface area contributed by atoms with E-state index in [0.717, 1.165) is 6.42 Å². The molecule has 1 aliphatic heterocycles. The predicted molar refractivity (Wildman–Crippen MR) is 45.8 cm³/mol. The zero-order chi connectivity index (χ0) is 9.73. The largest absolute Gasteiger partial charge is 0.394 e. The van der Waals surface area contributed by atoms with E-state index >= 15 is 0 Å². The van der Waals surface area contributed by atoms with Crippen molar-refractivity contribution in [3.8, 4) is 6.07 Å². The predicted octanol–water partition coefficient (Wildman–Crippen LogP) is 0.804. The van der Waals surface area contributed by atoms with Gasteiger partial charge in [0.1, 0.15) is 6.10 Å². The van der Waals surface area contributed by atoms with E-state index in [2.05, 4.69) is 6.07 Å². The smallest absolute Gasteiger partial charge is 0.166 e. The fraction of sp³-hybridized carbons (Fsp3) is 0.889. The highest BCUT2D eigenvalue weighted by Gasteiger charge is 2.36. The van der Waals surface area contributed by atoms with Gasteiger partial charge in [0.25, 0.3) is 0 Å². The van der Waals surface area contributed by atoms with Crippen molar-refractivity contribution in [3.63, 3.8) is 0 Å². The monoisotopic (exact) mass is 185 g/mol. The highest BCUT2D eigenvalue weighted by Crippen LogP contribution is 2.28. The summed E-state index contributed by atoms with van der Waals surface area (Å²) in [5, 5.41) is 17.2. The van der Waals surface area contributed by atoms with Crippen molar-refractivity contribution in [2.45, 2.75) is 38.1 Å². The van der Waals surface area contributed by atoms with Gasteiger partial charge in [0, 0.05) is 12.8 Å². The summed E-state index contributed by atoms with van der Waals surface area (Å²) in [4.78, 5) is 0. The van der Waals surface area contributed by atoms with Crippen molar-refractivity contribution < 1.29 is 14.6 Å². The molecule has 2 atom stereocenters. The minimum Gasteiger partial charge on any atom is -0.394 e. The van der Waals surface area contributed by atoms with E-state index in [1.807, 2.05) is 6.92 Å². The molecule has 4 heteroatoms. The van der Waals surface area contributed by atoms with Crippen LogP contribution in [0.15, 0.2) is 0 Å². The highest BCUT2D eigenvalue weighted by molar-refractivity contribution is 4.77. The molecule has 0 radical (unpaired) electrons. The van der Waals surface area contributed by atoms with Crippen molar-refractivity contribution in [3.05, 3.63) is 0 Å². The first-order chi connectivity index (χ1) is 6.20. The van der Waals surface area contributed by atoms with Gasteiger partial charge >= 0.3 is 0 Å². The Morgan fingerprint density at radius 1 is 1.69 bits per heavy atom. The van der Waals surface area contributed by atoms with Gasteiger partial charge in [-0.1, -0.05) is 0 Å². The van der Waals surface area contributed by atoms with Gasteiger partial charge in [0.05, 0.1) is 19.3 Å². The number of hydrogen-bond donors (Lipinski definition) is 1. The lowest BCUT2D eigenvalue weighted by molar-refractivity contribution is -0.162. The first kappa shape index (κ1) is 10.5. The van der Waals surface area contributed by atoms with Gasteiger partial charge in [-0.05, 0) is 13.3 Å². The van der Waals surface area contributed by atoms with E-state index < -0.39 is 5.79 Å². The molecule has 74 valence electrons. The van der Waals surface area contributed by atoms with Crippen LogP contribution in [0, 0.1) is 11.3 Å². The molecule has 0 aromatic rings. The van der Waals surface area contributed by atoms with Crippen LogP contribution in [0.2, 0.25) is 0 Å². The fourth-order valence-electron chi connectivity index (χ4n) is 1.40. The fourth-order valence-corrected chi connectivity index (χ4v) is 1.40. The van der Waals surface area contributed by atoms with E-state index in [0.29, 0.717) is 19.4 Å². The van der Waals surface area contributed by atoms with E-state index in [-0.39, 0.29) is 12.7 Å². The molecule has 1 aliphatic rings. The Bertz CT molecular complexity index is 202. The third-order valence-electron chi connectivity index (χ3n) is 2.11. The molecule has 2 unspecified atom stereocenters. The minimum atomic E-state index is -0.593. The van der Waals surface area contributed by atoms with Crippen LogP contribution in [0.25, 0.3) is 0 Å². The topological polar surface area (TPSA) is 62.5 Å². The van der Waals surface area contributed by atoms with Crippen LogP contribution in [0.5, 0.6) is 0 Å². The molecule has 0 aromatic carbocycles. The van der Waals surface area contributed by atoms with Crippen molar-refractivity contribution in [1.82, 2.24) is 0 Å². The molecule has 1 heterocycles. The molecule has 0 amide bonds. The maximum Gasteiger partial charge on any atom is 0.166 e. The van der Waals surface area contributed by atoms with Crippen LogP contribution in [0.1, 0.15) is 26.2 Å². The number of ether oxygens (including phenoxy) is 2. The maximum absolute atomic E-state index is 8.81. The SMILES string of the molecule is CC1(CCCC#N)OCC(CO)O1. The first-order valence-corrected chi connectivity index (χ1v) is 4.50. The van der Waals surface area contributed by atoms with Crippen molar-refractivity contribution in [1.29, 1.82) is 5.26 Å². The van der Waals surface area contributed by atoms with E-state index in [1.54, 1.807) is 0 Å². The standard InChI is InChI=1S/C9H15NO3/c1-9(4-2-3-5-10)12-7-8(6-11)13-9/h8,11H,2-4,6-7H2,1H3. The third-order valence-corrected chi connectivity index (χ3v) is 2.11. The van der Waals surface area contributed by atoms with E-state index in [1.165, 1.54) is 0 Å². The Kier molecular flexibility index (Phi) is 3.67. The average Bonchev–Trinajstić information content (AvgIpc) is 2.49. The number of aliphatic hydroxyl groups excluding tert-OH is 1. The quantitative estimate of drug-likeness (QED) is 0.658. The maximum atomic E-state index is 8.81. The van der Waals surface area contributed by atoms with Crippen LogP contribution in [0.4, 0.5) is 0 Å². The average molecular weight is 185 g/mol. The van der Waals surface area contributed by atoms with Crippen molar-refractivity contribution >= 4 is 0 Å². The summed E-state index contributed by atoms with van der Waals surface area (Å²) < 4.78 is 10.9. The van der Waals surface area contributed by atoms with Gasteiger partial charge in [-0.15, -0.1) is 0 Å². The summed E-state index contributed by atoms with van der Waals surface area (Å²) in [6.45, 7) is 2.29. The van der Waals surface area contributed by atoms with Gasteiger partial charge in [0.2, 0.25) is 0 Å². The number of unbranched alkanes of at least 4 members (excludes halogenated alkanes) is 1. The van der Waals surface area contributed by atoms with Crippen molar-refractivity contribution in [2.24, 2.45) is 0 Å². The van der Waals surface area contributed by atoms with Gasteiger partial charge in [0.15, 0.2) is 5.79 Å². The lowest BCUT2D eigenvalue weighted by Gasteiger charge is -2.22. The Morgan fingerprint density at radius 3 is 3.00 bits per heavy atom. The number of hydrogen-bond acceptors (Lipinski definition) is 4. The Hall–Kier alpha value is -0.630. The molecule has 0 saturated carbocycles. The van der Waals surface area contributed by atoms with Crippen LogP contribution in [0.3, 0.4) is 0 Å². The van der Waals surface area contributed by atoms with Gasteiger partial charge in [-0.3, -0.25) is 0 Å². The highest BCUT2D eigenvalue weighted by atomic mass is 16.7. The number of nitrogens with zero attached hydrogens (tertiary/aromatic N) is 1. The van der Waals surface area contributed by atoms with Gasteiger partial charge in [-0.25, -0.2) is 0 Å². The molecule has 1 rings (SSSR count). The summed E-state index contributed by atoms with van der Waals surface area (Å²) in [6, 6.07) is 2.07. The zero-order valence-corrected chi connectivity index (χ0v) is 7.82. The summed E-state index contributed by atoms with van der Waals surface area (Å²) in [7, 11) is 0. The van der Waals surface area contributed by atoms with Crippen LogP contribution in [-0.2, 0) is 9.47 Å². The first-order valence-electron chi connectivity index (χ1n) is 4.50. The summed E-state index contributed by atoms with van der Waals surface area (Å²) in [6.07, 6.45) is 1.79. The molecule has 0 aromatic heterocycles. The van der Waals surface area contributed by atoms with Crippen LogP contribution in [-0.4, -0.2) is 30.2 Å². The summed E-state index contributed by atoms with van der Waals surface area (Å²) in [5.74, 6) is -0.593. The molecule has 0 bridgehead atoms. The molecular weight excluding hydrogens is 170 g/mol. The Labute approximate surface area is 78.1 Å². The second-order valence-corrected chi connectivity index (χ2v) is 3.38. The molecule has 13 heavy (non-hydrogen) atoms. The summed E-state index contributed by atoms with van der Waals surface area (Å²) >= 11 is 0. The molecular formula is C9H15NO3. The molecule has 0 spiro atoms. The van der Waals surface area contributed by atoms with Crippen LogP contribution < -0.4 is 0 Å². The molecule has 1 saturated heterocycles. The normalized spacial score (nSPS) is 33.2. The van der Waals surface area contributed by atoms with Crippen LogP contribution >= 0.6 is 0 Å². The van der Waals surface area contributed by atoms with Crippen molar-refractivity contribution in [2.75, 3.05) is 13.2 Å². The van der Waals surface area contributed by atoms with E-state index in [4.69, 9.17) is 19.8 Å². The minimum absolute atomic E-state index is 0.00611. The molecule has 1 N–H and O–H groups in total. The number of nitriles is 1. The lowest BCUT2D eigenvalue weighted by Crippen LogP contribution is -2.27. The second kappa shape index (κ2) is 4.56. The zero-order valence-electron chi connectivity index (χ0n) is 7.82. The van der Waals surface area contributed by atoms with Gasteiger partial charge < -0.3 is 14.6 Å². The second-order valence-electron chi connectivity index (χ2n) is 3.38. The molecule has 4 nitrogen and oxygen atoms in total. The molecule has 1 fully saturated rings. The number of aliphatic hydroxyl groups is 1. The summed E-state index contributed by atoms with van der Waals surface area (Å²) in [5.41, 5.74) is 0. The molecule has 0 aliphatic carbocycles. The Morgan fingerprint density at radius 2 is 2.46 bits per heavy atom.